The largest absolute Gasteiger partial charge is 0.508 e. The standard InChI is InChI=1S/C26H33N5O5/c1-16(24(34)30-21(23(28)33)15-17-6-3-2-4-7-17)29-25(35)22-8-5-13-31(22)26(36)20(27)14-18-9-11-19(32)12-10-18/h2-4,6-7,9-12,16,20-22,32H,5,8,13-15,27H2,1H3,(H2,28,33)(H,29,35)(H,30,34)/t16-,20+,21+,22+/m1/s1. The average molecular weight is 496 g/mol. The number of amides is 4. The van der Waals surface area contributed by atoms with E-state index in [2.05, 4.69) is 10.6 Å². The lowest BCUT2D eigenvalue weighted by molar-refractivity contribution is -0.140. The van der Waals surface area contributed by atoms with Gasteiger partial charge in [0.15, 0.2) is 0 Å². The molecule has 1 saturated heterocycles. The van der Waals surface area contributed by atoms with Crippen molar-refractivity contribution in [3.8, 4) is 5.75 Å². The molecular formula is C26H33N5O5. The number of aromatic hydroxyl groups is 1. The van der Waals surface area contributed by atoms with Crippen LogP contribution in [0.15, 0.2) is 54.6 Å². The summed E-state index contributed by atoms with van der Waals surface area (Å²) in [7, 11) is 0. The van der Waals surface area contributed by atoms with Crippen molar-refractivity contribution in [1.82, 2.24) is 15.5 Å². The third kappa shape index (κ3) is 7.05. The van der Waals surface area contributed by atoms with Crippen molar-refractivity contribution in [3.05, 3.63) is 65.7 Å². The second-order valence-electron chi connectivity index (χ2n) is 9.05. The van der Waals surface area contributed by atoms with Crippen LogP contribution < -0.4 is 22.1 Å². The number of carbonyl (C=O) groups excluding carboxylic acids is 4. The highest BCUT2D eigenvalue weighted by Gasteiger charge is 2.37. The minimum Gasteiger partial charge on any atom is -0.508 e. The molecule has 1 aliphatic heterocycles. The Morgan fingerprint density at radius 1 is 1.00 bits per heavy atom. The van der Waals surface area contributed by atoms with Gasteiger partial charge >= 0.3 is 0 Å². The molecule has 0 unspecified atom stereocenters. The molecule has 0 aromatic heterocycles. The van der Waals surface area contributed by atoms with E-state index in [4.69, 9.17) is 11.5 Å². The molecule has 1 fully saturated rings. The van der Waals surface area contributed by atoms with Crippen molar-refractivity contribution in [2.75, 3.05) is 6.54 Å². The topological polar surface area (TPSA) is 168 Å². The Morgan fingerprint density at radius 3 is 2.28 bits per heavy atom. The monoisotopic (exact) mass is 495 g/mol. The molecule has 1 aliphatic rings. The van der Waals surface area contributed by atoms with Gasteiger partial charge in [-0.25, -0.2) is 0 Å². The van der Waals surface area contributed by atoms with Gasteiger partial charge in [0.2, 0.25) is 23.6 Å². The van der Waals surface area contributed by atoms with E-state index in [1.54, 1.807) is 12.1 Å². The van der Waals surface area contributed by atoms with E-state index >= 15 is 0 Å². The molecule has 1 heterocycles. The van der Waals surface area contributed by atoms with Gasteiger partial charge in [-0.3, -0.25) is 19.2 Å². The van der Waals surface area contributed by atoms with Gasteiger partial charge in [-0.15, -0.1) is 0 Å². The summed E-state index contributed by atoms with van der Waals surface area (Å²) in [4.78, 5) is 52.0. The second kappa shape index (κ2) is 12.2. The van der Waals surface area contributed by atoms with E-state index in [0.29, 0.717) is 19.4 Å². The molecular weight excluding hydrogens is 462 g/mol. The Hall–Kier alpha value is -3.92. The maximum atomic E-state index is 13.0. The maximum absolute atomic E-state index is 13.0. The van der Waals surface area contributed by atoms with Gasteiger partial charge in [-0.2, -0.15) is 0 Å². The van der Waals surface area contributed by atoms with Crippen molar-refractivity contribution in [2.45, 2.75) is 56.8 Å². The lowest BCUT2D eigenvalue weighted by atomic mass is 10.0. The zero-order valence-electron chi connectivity index (χ0n) is 20.2. The zero-order valence-corrected chi connectivity index (χ0v) is 20.2. The smallest absolute Gasteiger partial charge is 0.243 e. The van der Waals surface area contributed by atoms with Crippen LogP contribution in [-0.4, -0.2) is 64.3 Å². The van der Waals surface area contributed by atoms with Gasteiger partial charge in [0.05, 0.1) is 6.04 Å². The predicted molar refractivity (Wildman–Crippen MR) is 133 cm³/mol. The molecule has 7 N–H and O–H groups in total. The highest BCUT2D eigenvalue weighted by molar-refractivity contribution is 5.94. The van der Waals surface area contributed by atoms with Gasteiger partial charge in [-0.1, -0.05) is 42.5 Å². The molecule has 2 aromatic carbocycles. The molecule has 10 heteroatoms. The molecule has 4 amide bonds. The number of nitrogens with one attached hydrogen (secondary N) is 2. The number of carbonyl (C=O) groups is 4. The van der Waals surface area contributed by atoms with Crippen LogP contribution in [0.3, 0.4) is 0 Å². The van der Waals surface area contributed by atoms with E-state index < -0.39 is 41.9 Å². The van der Waals surface area contributed by atoms with Crippen molar-refractivity contribution < 1.29 is 24.3 Å². The molecule has 4 atom stereocenters. The van der Waals surface area contributed by atoms with E-state index in [1.807, 2.05) is 30.3 Å². The molecule has 0 radical (unpaired) electrons. The van der Waals surface area contributed by atoms with Crippen LogP contribution in [0.5, 0.6) is 5.75 Å². The number of nitrogens with zero attached hydrogens (tertiary/aromatic N) is 1. The van der Waals surface area contributed by atoms with Crippen molar-refractivity contribution in [2.24, 2.45) is 11.5 Å². The molecule has 0 aliphatic carbocycles. The number of benzene rings is 2. The van der Waals surface area contributed by atoms with Gasteiger partial charge in [0.25, 0.3) is 0 Å². The number of phenols is 1. The fourth-order valence-corrected chi connectivity index (χ4v) is 4.23. The number of nitrogens with two attached hydrogens (primary N) is 2. The summed E-state index contributed by atoms with van der Waals surface area (Å²) in [6.07, 6.45) is 1.58. The third-order valence-electron chi connectivity index (χ3n) is 6.24. The van der Waals surface area contributed by atoms with E-state index in [-0.39, 0.29) is 24.5 Å². The summed E-state index contributed by atoms with van der Waals surface area (Å²) >= 11 is 0. The SMILES string of the molecule is C[C@@H](NC(=O)[C@@H]1CCCN1C(=O)[C@@H](N)Cc1ccc(O)cc1)C(=O)N[C@@H](Cc1ccccc1)C(N)=O. The van der Waals surface area contributed by atoms with Crippen molar-refractivity contribution >= 4 is 23.6 Å². The first kappa shape index (κ1) is 26.7. The zero-order chi connectivity index (χ0) is 26.2. The highest BCUT2D eigenvalue weighted by atomic mass is 16.3. The van der Waals surface area contributed by atoms with Crippen LogP contribution in [0.2, 0.25) is 0 Å². The summed E-state index contributed by atoms with van der Waals surface area (Å²) in [5, 5.41) is 14.7. The van der Waals surface area contributed by atoms with Gasteiger partial charge in [0, 0.05) is 13.0 Å². The van der Waals surface area contributed by atoms with Crippen LogP contribution in [0.25, 0.3) is 0 Å². The summed E-state index contributed by atoms with van der Waals surface area (Å²) in [5.41, 5.74) is 13.2. The molecule has 0 bridgehead atoms. The number of phenolic OH excluding ortho intramolecular Hbond substituents is 1. The number of hydrogen-bond donors (Lipinski definition) is 5. The Labute approximate surface area is 210 Å². The second-order valence-corrected chi connectivity index (χ2v) is 9.05. The van der Waals surface area contributed by atoms with Crippen LogP contribution in [0.1, 0.15) is 30.9 Å². The number of rotatable bonds is 10. The molecule has 0 spiro atoms. The van der Waals surface area contributed by atoms with Crippen LogP contribution in [0, 0.1) is 0 Å². The summed E-state index contributed by atoms with van der Waals surface area (Å²) < 4.78 is 0. The average Bonchev–Trinajstić information content (AvgIpc) is 3.35. The Balaban J connectivity index is 1.56. The van der Waals surface area contributed by atoms with Crippen LogP contribution >= 0.6 is 0 Å². The highest BCUT2D eigenvalue weighted by Crippen LogP contribution is 2.20. The van der Waals surface area contributed by atoms with E-state index in [1.165, 1.54) is 24.0 Å². The molecule has 0 saturated carbocycles. The maximum Gasteiger partial charge on any atom is 0.243 e. The minimum atomic E-state index is -0.946. The van der Waals surface area contributed by atoms with Crippen LogP contribution in [-0.2, 0) is 32.0 Å². The normalized spacial score (nSPS) is 17.6. The number of likely N-dealkylation sites (tertiary alicyclic amines) is 1. The first-order valence-electron chi connectivity index (χ1n) is 11.9. The Kier molecular flexibility index (Phi) is 9.02. The number of hydrogen-bond acceptors (Lipinski definition) is 6. The Bertz CT molecular complexity index is 1080. The van der Waals surface area contributed by atoms with Crippen molar-refractivity contribution in [1.29, 1.82) is 0 Å². The van der Waals surface area contributed by atoms with Gasteiger partial charge in [0.1, 0.15) is 23.9 Å². The lowest BCUT2D eigenvalue weighted by Crippen LogP contribution is -2.56. The lowest BCUT2D eigenvalue weighted by Gasteiger charge is -2.28. The van der Waals surface area contributed by atoms with Crippen LogP contribution in [0.4, 0.5) is 0 Å². The van der Waals surface area contributed by atoms with E-state index in [0.717, 1.165) is 11.1 Å². The fourth-order valence-electron chi connectivity index (χ4n) is 4.23. The molecule has 2 aromatic rings. The summed E-state index contributed by atoms with van der Waals surface area (Å²) in [6.45, 7) is 1.90. The molecule has 192 valence electrons. The summed E-state index contributed by atoms with van der Waals surface area (Å²) in [6, 6.07) is 12.1. The minimum absolute atomic E-state index is 0.121. The molecule has 36 heavy (non-hydrogen) atoms. The first-order valence-corrected chi connectivity index (χ1v) is 11.9. The van der Waals surface area contributed by atoms with Crippen molar-refractivity contribution in [3.63, 3.8) is 0 Å². The van der Waals surface area contributed by atoms with E-state index in [9.17, 15) is 24.3 Å². The predicted octanol–water partition coefficient (Wildman–Crippen LogP) is -0.0295. The number of primary amides is 1. The third-order valence-corrected chi connectivity index (χ3v) is 6.24. The Morgan fingerprint density at radius 2 is 1.64 bits per heavy atom. The van der Waals surface area contributed by atoms with Gasteiger partial charge in [-0.05, 0) is 49.4 Å². The van der Waals surface area contributed by atoms with Gasteiger partial charge < -0.3 is 32.1 Å². The quantitative estimate of drug-likeness (QED) is 0.310. The summed E-state index contributed by atoms with van der Waals surface area (Å²) in [5.74, 6) is -1.92. The first-order chi connectivity index (χ1) is 17.2. The molecule has 10 nitrogen and oxygen atoms in total. The molecule has 3 rings (SSSR count). The fraction of sp³-hybridized carbons (Fsp3) is 0.385.